The van der Waals surface area contributed by atoms with Gasteiger partial charge in [0.2, 0.25) is 10.0 Å². The number of nitrogens with one attached hydrogen (secondary N) is 1. The third-order valence-corrected chi connectivity index (χ3v) is 7.53. The molecule has 2 heterocycles. The quantitative estimate of drug-likeness (QED) is 0.819. The monoisotopic (exact) mass is 405 g/mol. The van der Waals surface area contributed by atoms with Gasteiger partial charge in [-0.25, -0.2) is 13.1 Å². The summed E-state index contributed by atoms with van der Waals surface area (Å²) in [4.78, 5) is 0.852. The van der Waals surface area contributed by atoms with Crippen LogP contribution in [-0.4, -0.2) is 8.42 Å². The molecule has 0 bridgehead atoms. The van der Waals surface area contributed by atoms with Crippen LogP contribution in [0, 0.1) is 0 Å². The Kier molecular flexibility index (Phi) is 4.75. The summed E-state index contributed by atoms with van der Waals surface area (Å²) in [5, 5.41) is 0.388. The Morgan fingerprint density at radius 3 is 2.50 bits per heavy atom. The maximum absolute atomic E-state index is 12.0. The third-order valence-electron chi connectivity index (χ3n) is 1.95. The van der Waals surface area contributed by atoms with Gasteiger partial charge in [-0.3, -0.25) is 0 Å². The van der Waals surface area contributed by atoms with Crippen molar-refractivity contribution < 1.29 is 8.42 Å². The van der Waals surface area contributed by atoms with Crippen molar-refractivity contribution in [2.45, 2.75) is 10.8 Å². The first-order valence-corrected chi connectivity index (χ1v) is 9.24. The third kappa shape index (κ3) is 3.47. The topological polar surface area (TPSA) is 46.2 Å². The molecule has 0 amide bonds. The van der Waals surface area contributed by atoms with Crippen LogP contribution < -0.4 is 4.72 Å². The van der Waals surface area contributed by atoms with Crippen LogP contribution in [0.1, 0.15) is 4.88 Å². The van der Waals surface area contributed by atoms with E-state index in [1.807, 2.05) is 0 Å². The Morgan fingerprint density at radius 1 is 1.28 bits per heavy atom. The first-order chi connectivity index (χ1) is 8.38. The van der Waals surface area contributed by atoms with Crippen LogP contribution in [0.4, 0.5) is 0 Å². The van der Waals surface area contributed by atoms with Gasteiger partial charge in [0, 0.05) is 11.4 Å². The lowest BCUT2D eigenvalue weighted by Gasteiger charge is -2.02. The van der Waals surface area contributed by atoms with Gasteiger partial charge in [-0.15, -0.1) is 22.7 Å². The molecule has 0 radical (unpaired) electrons. The van der Waals surface area contributed by atoms with Crippen LogP contribution in [-0.2, 0) is 16.6 Å². The standard InChI is InChI=1S/C9H6BrCl2NO2S3/c10-9-6(11)3-8(17-9)18(14,15)13-4-5-1-2-7(12)16-5/h1-3,13H,4H2. The van der Waals surface area contributed by atoms with Gasteiger partial charge in [0.25, 0.3) is 0 Å². The largest absolute Gasteiger partial charge is 0.250 e. The van der Waals surface area contributed by atoms with Crippen molar-refractivity contribution in [3.63, 3.8) is 0 Å². The second-order valence-electron chi connectivity index (χ2n) is 3.22. The van der Waals surface area contributed by atoms with Crippen molar-refractivity contribution in [1.82, 2.24) is 4.72 Å². The molecule has 3 nitrogen and oxygen atoms in total. The number of hydrogen-bond acceptors (Lipinski definition) is 4. The summed E-state index contributed by atoms with van der Waals surface area (Å²) < 4.78 is 27.9. The van der Waals surface area contributed by atoms with Crippen molar-refractivity contribution in [1.29, 1.82) is 0 Å². The lowest BCUT2D eigenvalue weighted by atomic mass is 10.5. The predicted molar refractivity (Wildman–Crippen MR) is 80.4 cm³/mol. The maximum Gasteiger partial charge on any atom is 0.250 e. The Bertz CT molecular complexity index is 646. The van der Waals surface area contributed by atoms with Crippen molar-refractivity contribution in [2.75, 3.05) is 0 Å². The average Bonchev–Trinajstić information content (AvgIpc) is 2.84. The normalized spacial score (nSPS) is 11.9. The smallest absolute Gasteiger partial charge is 0.206 e. The van der Waals surface area contributed by atoms with Gasteiger partial charge in [0.05, 0.1) is 13.1 Å². The molecule has 98 valence electrons. The Hall–Kier alpha value is 0.370. The predicted octanol–water partition coefficient (Wildman–Crippen LogP) is 4.36. The fraction of sp³-hybridized carbons (Fsp3) is 0.111. The van der Waals surface area contributed by atoms with Crippen LogP contribution in [0.2, 0.25) is 9.36 Å². The molecular formula is C9H6BrCl2NO2S3. The Balaban J connectivity index is 2.12. The van der Waals surface area contributed by atoms with E-state index in [1.54, 1.807) is 12.1 Å². The van der Waals surface area contributed by atoms with E-state index in [-0.39, 0.29) is 10.8 Å². The molecule has 0 saturated heterocycles. The number of halogens is 3. The summed E-state index contributed by atoms with van der Waals surface area (Å²) in [5.74, 6) is 0. The first-order valence-electron chi connectivity index (χ1n) is 4.57. The molecule has 0 aliphatic rings. The van der Waals surface area contributed by atoms with Crippen molar-refractivity contribution in [2.24, 2.45) is 0 Å². The summed E-state index contributed by atoms with van der Waals surface area (Å²) in [6, 6.07) is 4.93. The molecule has 0 spiro atoms. The molecule has 9 heteroatoms. The molecule has 0 aromatic carbocycles. The van der Waals surface area contributed by atoms with Gasteiger partial charge in [-0.2, -0.15) is 0 Å². The maximum atomic E-state index is 12.0. The summed E-state index contributed by atoms with van der Waals surface area (Å²) in [5.41, 5.74) is 0. The number of sulfonamides is 1. The zero-order valence-electron chi connectivity index (χ0n) is 8.61. The van der Waals surface area contributed by atoms with E-state index in [1.165, 1.54) is 17.4 Å². The Labute approximate surface area is 131 Å². The van der Waals surface area contributed by atoms with Gasteiger partial charge >= 0.3 is 0 Å². The molecule has 0 unspecified atom stereocenters. The van der Waals surface area contributed by atoms with Gasteiger partial charge in [-0.05, 0) is 34.1 Å². The molecule has 1 N–H and O–H groups in total. The molecule has 2 aromatic heterocycles. The zero-order chi connectivity index (χ0) is 13.3. The van der Waals surface area contributed by atoms with Crippen LogP contribution in [0.5, 0.6) is 0 Å². The molecule has 0 fully saturated rings. The number of thiophene rings is 2. The van der Waals surface area contributed by atoms with Gasteiger partial charge in [-0.1, -0.05) is 23.2 Å². The Morgan fingerprint density at radius 2 is 2.00 bits per heavy atom. The molecule has 0 saturated carbocycles. The van der Waals surface area contributed by atoms with E-state index >= 15 is 0 Å². The highest BCUT2D eigenvalue weighted by molar-refractivity contribution is 9.11. The van der Waals surface area contributed by atoms with Crippen LogP contribution in [0.3, 0.4) is 0 Å². The summed E-state index contributed by atoms with van der Waals surface area (Å²) in [6.45, 7) is 0.215. The molecular weight excluding hydrogens is 401 g/mol. The van der Waals surface area contributed by atoms with E-state index in [0.717, 1.165) is 16.2 Å². The lowest BCUT2D eigenvalue weighted by Crippen LogP contribution is -2.21. The zero-order valence-corrected chi connectivity index (χ0v) is 14.2. The fourth-order valence-corrected chi connectivity index (χ4v) is 5.71. The van der Waals surface area contributed by atoms with Gasteiger partial charge < -0.3 is 0 Å². The molecule has 0 aliphatic carbocycles. The summed E-state index contributed by atoms with van der Waals surface area (Å²) in [7, 11) is -3.53. The van der Waals surface area contributed by atoms with E-state index in [0.29, 0.717) is 13.1 Å². The highest BCUT2D eigenvalue weighted by Gasteiger charge is 2.18. The molecule has 0 aliphatic heterocycles. The van der Waals surface area contributed by atoms with Crippen molar-refractivity contribution in [3.05, 3.63) is 36.2 Å². The summed E-state index contributed by atoms with van der Waals surface area (Å²) >= 11 is 17.2. The molecule has 0 atom stereocenters. The molecule has 2 aromatic rings. The minimum Gasteiger partial charge on any atom is -0.206 e. The van der Waals surface area contributed by atoms with E-state index in [4.69, 9.17) is 23.2 Å². The SMILES string of the molecule is O=S(=O)(NCc1ccc(Cl)s1)c1cc(Cl)c(Br)s1. The minimum atomic E-state index is -3.53. The number of rotatable bonds is 4. The first kappa shape index (κ1) is 14.8. The number of hydrogen-bond donors (Lipinski definition) is 1. The summed E-state index contributed by atoms with van der Waals surface area (Å²) in [6.07, 6.45) is 0. The second kappa shape index (κ2) is 5.78. The average molecular weight is 407 g/mol. The minimum absolute atomic E-state index is 0.182. The van der Waals surface area contributed by atoms with Gasteiger partial charge in [0.1, 0.15) is 4.21 Å². The van der Waals surface area contributed by atoms with Crippen LogP contribution in [0.25, 0.3) is 0 Å². The highest BCUT2D eigenvalue weighted by atomic mass is 79.9. The lowest BCUT2D eigenvalue weighted by molar-refractivity contribution is 0.584. The highest BCUT2D eigenvalue weighted by Crippen LogP contribution is 2.34. The van der Waals surface area contributed by atoms with Crippen molar-refractivity contribution in [3.8, 4) is 0 Å². The second-order valence-corrected chi connectivity index (χ2v) is 9.79. The van der Waals surface area contributed by atoms with Gasteiger partial charge in [0.15, 0.2) is 0 Å². The van der Waals surface area contributed by atoms with E-state index in [9.17, 15) is 8.42 Å². The van der Waals surface area contributed by atoms with Crippen molar-refractivity contribution >= 4 is 71.8 Å². The van der Waals surface area contributed by atoms with Crippen LogP contribution in [0.15, 0.2) is 26.2 Å². The molecule has 18 heavy (non-hydrogen) atoms. The fourth-order valence-electron chi connectivity index (χ4n) is 1.14. The van der Waals surface area contributed by atoms with Crippen LogP contribution >= 0.6 is 61.8 Å². The van der Waals surface area contributed by atoms with E-state index < -0.39 is 10.0 Å². The molecule has 2 rings (SSSR count). The van der Waals surface area contributed by atoms with E-state index in [2.05, 4.69) is 20.7 Å².